The van der Waals surface area contributed by atoms with Crippen LogP contribution in [0, 0.1) is 6.92 Å². The second kappa shape index (κ2) is 4.50. The van der Waals surface area contributed by atoms with Gasteiger partial charge in [-0.15, -0.1) is 11.3 Å². The van der Waals surface area contributed by atoms with Crippen LogP contribution in [0.5, 0.6) is 0 Å². The molecule has 2 rings (SSSR count). The molecule has 16 heavy (non-hydrogen) atoms. The molecule has 0 aliphatic carbocycles. The van der Waals surface area contributed by atoms with Crippen LogP contribution in [0.15, 0.2) is 18.5 Å². The van der Waals surface area contributed by atoms with Gasteiger partial charge in [-0.1, -0.05) is 12.2 Å². The van der Waals surface area contributed by atoms with E-state index in [1.807, 2.05) is 6.92 Å². The molecule has 0 aliphatic rings. The summed E-state index contributed by atoms with van der Waals surface area (Å²) in [4.78, 5) is 13.7. The number of hydrogen-bond donors (Lipinski definition) is 2. The van der Waals surface area contributed by atoms with Crippen LogP contribution in [0.4, 0.5) is 11.1 Å². The fourth-order valence-corrected chi connectivity index (χ4v) is 1.84. The highest BCUT2D eigenvalue weighted by molar-refractivity contribution is 7.80. The summed E-state index contributed by atoms with van der Waals surface area (Å²) in [6, 6.07) is 1.67. The molecule has 82 valence electrons. The van der Waals surface area contributed by atoms with Gasteiger partial charge in [-0.3, -0.25) is 0 Å². The van der Waals surface area contributed by atoms with Crippen molar-refractivity contribution in [3.8, 4) is 0 Å². The van der Waals surface area contributed by atoms with Gasteiger partial charge in [0.2, 0.25) is 5.95 Å². The molecule has 0 atom stereocenters. The minimum absolute atomic E-state index is 0.251. The number of nitrogens with zero attached hydrogens (tertiary/aromatic N) is 3. The Hall–Kier alpha value is -1.60. The van der Waals surface area contributed by atoms with Crippen molar-refractivity contribution in [3.05, 3.63) is 29.0 Å². The summed E-state index contributed by atoms with van der Waals surface area (Å²) in [6.45, 7) is 1.98. The number of thiazole rings is 1. The Morgan fingerprint density at radius 3 is 2.94 bits per heavy atom. The lowest BCUT2D eigenvalue weighted by molar-refractivity contribution is 1.14. The van der Waals surface area contributed by atoms with E-state index in [4.69, 9.17) is 18.0 Å². The predicted octanol–water partition coefficient (Wildman–Crippen LogP) is 1.62. The molecule has 0 aromatic carbocycles. The SMILES string of the molecule is Cc1cnc(Nc2nccc(C(N)=S)n2)s1. The van der Waals surface area contributed by atoms with E-state index in [0.29, 0.717) is 11.6 Å². The molecule has 0 radical (unpaired) electrons. The molecule has 2 aromatic rings. The largest absolute Gasteiger partial charge is 0.388 e. The Morgan fingerprint density at radius 2 is 2.31 bits per heavy atom. The second-order valence-electron chi connectivity index (χ2n) is 3.03. The van der Waals surface area contributed by atoms with Crippen molar-refractivity contribution in [2.75, 3.05) is 5.32 Å². The zero-order chi connectivity index (χ0) is 11.5. The number of nitrogens with one attached hydrogen (secondary N) is 1. The first-order valence-corrected chi connectivity index (χ1v) is 5.70. The highest BCUT2D eigenvalue weighted by Crippen LogP contribution is 2.19. The number of rotatable bonds is 3. The number of aromatic nitrogens is 3. The monoisotopic (exact) mass is 251 g/mol. The van der Waals surface area contributed by atoms with Gasteiger partial charge in [0.25, 0.3) is 0 Å². The first-order chi connectivity index (χ1) is 7.65. The Morgan fingerprint density at radius 1 is 1.50 bits per heavy atom. The van der Waals surface area contributed by atoms with Crippen LogP contribution in [0.3, 0.4) is 0 Å². The number of nitrogens with two attached hydrogens (primary N) is 1. The molecule has 3 N–H and O–H groups in total. The van der Waals surface area contributed by atoms with Crippen molar-refractivity contribution in [2.24, 2.45) is 5.73 Å². The van der Waals surface area contributed by atoms with Gasteiger partial charge in [-0.2, -0.15) is 0 Å². The van der Waals surface area contributed by atoms with Gasteiger partial charge in [0, 0.05) is 17.3 Å². The van der Waals surface area contributed by atoms with Crippen molar-refractivity contribution in [3.63, 3.8) is 0 Å². The normalized spacial score (nSPS) is 10.1. The van der Waals surface area contributed by atoms with E-state index in [-0.39, 0.29) is 4.99 Å². The minimum atomic E-state index is 0.251. The topological polar surface area (TPSA) is 76.7 Å². The van der Waals surface area contributed by atoms with Crippen LogP contribution < -0.4 is 11.1 Å². The van der Waals surface area contributed by atoms with Crippen LogP contribution in [0.25, 0.3) is 0 Å². The van der Waals surface area contributed by atoms with Crippen molar-refractivity contribution >= 4 is 39.6 Å². The average Bonchev–Trinajstić information content (AvgIpc) is 2.64. The molecular weight excluding hydrogens is 242 g/mol. The zero-order valence-electron chi connectivity index (χ0n) is 8.47. The van der Waals surface area contributed by atoms with Crippen LogP contribution in [-0.2, 0) is 0 Å². The van der Waals surface area contributed by atoms with Crippen LogP contribution in [-0.4, -0.2) is 19.9 Å². The lowest BCUT2D eigenvalue weighted by Crippen LogP contribution is -2.12. The highest BCUT2D eigenvalue weighted by Gasteiger charge is 2.04. The second-order valence-corrected chi connectivity index (χ2v) is 4.71. The Labute approximate surface area is 102 Å². The number of hydrogen-bond acceptors (Lipinski definition) is 6. The Bertz CT molecular complexity index is 522. The van der Waals surface area contributed by atoms with Gasteiger partial charge in [-0.05, 0) is 13.0 Å². The Kier molecular flexibility index (Phi) is 3.07. The molecule has 0 unspecified atom stereocenters. The quantitative estimate of drug-likeness (QED) is 0.807. The van der Waals surface area contributed by atoms with E-state index in [9.17, 15) is 0 Å². The van der Waals surface area contributed by atoms with Gasteiger partial charge < -0.3 is 11.1 Å². The van der Waals surface area contributed by atoms with Gasteiger partial charge in [-0.25, -0.2) is 15.0 Å². The summed E-state index contributed by atoms with van der Waals surface area (Å²) in [5.74, 6) is 0.444. The van der Waals surface area contributed by atoms with E-state index >= 15 is 0 Å². The van der Waals surface area contributed by atoms with E-state index in [1.54, 1.807) is 18.5 Å². The maximum atomic E-state index is 5.48. The van der Waals surface area contributed by atoms with Gasteiger partial charge >= 0.3 is 0 Å². The zero-order valence-corrected chi connectivity index (χ0v) is 10.1. The fourth-order valence-electron chi connectivity index (χ4n) is 1.06. The van der Waals surface area contributed by atoms with Crippen LogP contribution in [0.2, 0.25) is 0 Å². The molecular formula is C9H9N5S2. The van der Waals surface area contributed by atoms with E-state index in [2.05, 4.69) is 20.3 Å². The van der Waals surface area contributed by atoms with Crippen molar-refractivity contribution in [1.29, 1.82) is 0 Å². The summed E-state index contributed by atoms with van der Waals surface area (Å²) in [5.41, 5.74) is 6.02. The maximum Gasteiger partial charge on any atom is 0.229 e. The summed E-state index contributed by atoms with van der Waals surface area (Å²) in [5, 5.41) is 3.74. The molecule has 0 fully saturated rings. The van der Waals surface area contributed by atoms with E-state index < -0.39 is 0 Å². The van der Waals surface area contributed by atoms with E-state index in [0.717, 1.165) is 10.0 Å². The summed E-state index contributed by atoms with van der Waals surface area (Å²) in [6.07, 6.45) is 3.38. The lowest BCUT2D eigenvalue weighted by atomic mass is 10.4. The van der Waals surface area contributed by atoms with Crippen molar-refractivity contribution in [1.82, 2.24) is 15.0 Å². The fraction of sp³-hybridized carbons (Fsp3) is 0.111. The molecule has 0 aliphatic heterocycles. The van der Waals surface area contributed by atoms with Crippen molar-refractivity contribution < 1.29 is 0 Å². The van der Waals surface area contributed by atoms with Crippen LogP contribution in [0.1, 0.15) is 10.6 Å². The molecule has 7 heteroatoms. The number of anilines is 2. The van der Waals surface area contributed by atoms with Crippen molar-refractivity contribution in [2.45, 2.75) is 6.92 Å². The summed E-state index contributed by atoms with van der Waals surface area (Å²) in [7, 11) is 0. The third kappa shape index (κ3) is 2.50. The third-order valence-electron chi connectivity index (χ3n) is 1.75. The predicted molar refractivity (Wildman–Crippen MR) is 68.1 cm³/mol. The molecule has 0 bridgehead atoms. The average molecular weight is 251 g/mol. The lowest BCUT2D eigenvalue weighted by Gasteiger charge is -2.02. The standard InChI is InChI=1S/C9H9N5S2/c1-5-4-12-9(16-5)14-8-11-3-2-6(13-8)7(10)15/h2-4H,1H3,(H2,10,15)(H,11,12,13,14). The maximum absolute atomic E-state index is 5.48. The third-order valence-corrected chi connectivity index (χ3v) is 2.79. The first kappa shape index (κ1) is 10.9. The highest BCUT2D eigenvalue weighted by atomic mass is 32.1. The molecule has 2 aromatic heterocycles. The molecule has 0 spiro atoms. The van der Waals surface area contributed by atoms with Gasteiger partial charge in [0.1, 0.15) is 10.7 Å². The summed E-state index contributed by atoms with van der Waals surface area (Å²) >= 11 is 6.37. The molecule has 0 amide bonds. The molecule has 0 saturated heterocycles. The Balaban J connectivity index is 2.21. The smallest absolute Gasteiger partial charge is 0.229 e. The number of aryl methyl sites for hydroxylation is 1. The number of thiocarbonyl (C=S) groups is 1. The van der Waals surface area contributed by atoms with Gasteiger partial charge in [0.15, 0.2) is 5.13 Å². The first-order valence-electron chi connectivity index (χ1n) is 4.47. The minimum Gasteiger partial charge on any atom is -0.388 e. The van der Waals surface area contributed by atoms with Gasteiger partial charge in [0.05, 0.1) is 0 Å². The van der Waals surface area contributed by atoms with Crippen LogP contribution >= 0.6 is 23.6 Å². The molecule has 0 saturated carbocycles. The molecule has 5 nitrogen and oxygen atoms in total. The summed E-state index contributed by atoms with van der Waals surface area (Å²) < 4.78 is 0. The van der Waals surface area contributed by atoms with E-state index in [1.165, 1.54) is 11.3 Å². The molecule has 2 heterocycles.